The molecule has 0 radical (unpaired) electrons. The third kappa shape index (κ3) is 3.76. The lowest BCUT2D eigenvalue weighted by atomic mass is 9.86. The van der Waals surface area contributed by atoms with Crippen LogP contribution in [0.15, 0.2) is 54.6 Å². The average Bonchev–Trinajstić information content (AvgIpc) is 3.12. The van der Waals surface area contributed by atoms with Gasteiger partial charge in [-0.2, -0.15) is 5.10 Å². The Morgan fingerprint density at radius 3 is 2.71 bits per heavy atom. The van der Waals surface area contributed by atoms with E-state index in [1.807, 2.05) is 42.5 Å². The number of aromatic nitrogens is 2. The van der Waals surface area contributed by atoms with E-state index in [1.165, 1.54) is 26.4 Å². The fourth-order valence-corrected chi connectivity index (χ4v) is 3.43. The van der Waals surface area contributed by atoms with E-state index in [0.29, 0.717) is 16.6 Å². The lowest BCUT2D eigenvalue weighted by Crippen LogP contribution is -2.19. The first-order chi connectivity index (χ1) is 13.7. The van der Waals surface area contributed by atoms with Crippen LogP contribution in [0.4, 0.5) is 0 Å². The number of benzene rings is 2. The van der Waals surface area contributed by atoms with Crippen molar-refractivity contribution in [2.45, 2.75) is 19.3 Å². The number of esters is 1. The highest BCUT2D eigenvalue weighted by atomic mass is 35.5. The van der Waals surface area contributed by atoms with E-state index in [0.717, 1.165) is 23.6 Å². The summed E-state index contributed by atoms with van der Waals surface area (Å²) in [5.41, 5.74) is 2.53. The van der Waals surface area contributed by atoms with Gasteiger partial charge in [0.1, 0.15) is 5.75 Å². The van der Waals surface area contributed by atoms with Gasteiger partial charge in [0.25, 0.3) is 0 Å². The number of methoxy groups -OCH3 is 1. The summed E-state index contributed by atoms with van der Waals surface area (Å²) in [6.07, 6.45) is 3.77. The molecule has 0 unspecified atom stereocenters. The molecule has 1 aliphatic rings. The molecule has 3 aromatic rings. The van der Waals surface area contributed by atoms with Crippen LogP contribution < -0.4 is 4.74 Å². The van der Waals surface area contributed by atoms with Crippen molar-refractivity contribution in [3.63, 3.8) is 0 Å². The van der Waals surface area contributed by atoms with Crippen LogP contribution in [-0.4, -0.2) is 29.5 Å². The normalized spacial score (nSPS) is 13.8. The van der Waals surface area contributed by atoms with E-state index in [1.54, 1.807) is 16.8 Å². The number of para-hydroxylation sites is 1. The van der Waals surface area contributed by atoms with Crippen molar-refractivity contribution in [2.75, 3.05) is 13.7 Å². The number of hydrogen-bond acceptors (Lipinski definition) is 4. The lowest BCUT2D eigenvalue weighted by molar-refractivity contribution is 0.0593. The summed E-state index contributed by atoms with van der Waals surface area (Å²) in [5.74, 6) is 0.962. The van der Waals surface area contributed by atoms with E-state index >= 15 is 0 Å². The Bertz CT molecular complexity index is 995. The third-order valence-electron chi connectivity index (χ3n) is 5.02. The van der Waals surface area contributed by atoms with E-state index in [2.05, 4.69) is 5.10 Å². The molecule has 2 aromatic carbocycles. The Labute approximate surface area is 168 Å². The van der Waals surface area contributed by atoms with Crippen molar-refractivity contribution in [3.8, 4) is 22.7 Å². The minimum atomic E-state index is -0.496. The van der Waals surface area contributed by atoms with Crippen molar-refractivity contribution in [2.24, 2.45) is 5.92 Å². The molecular formula is C22H21ClN2O3. The Kier molecular flexibility index (Phi) is 5.35. The predicted molar refractivity (Wildman–Crippen MR) is 108 cm³/mol. The number of ether oxygens (including phenoxy) is 2. The van der Waals surface area contributed by atoms with Gasteiger partial charge in [-0.1, -0.05) is 42.3 Å². The van der Waals surface area contributed by atoms with Gasteiger partial charge in [0.2, 0.25) is 0 Å². The number of carbonyl (C=O) groups excluding carboxylic acids is 1. The van der Waals surface area contributed by atoms with Crippen molar-refractivity contribution < 1.29 is 14.3 Å². The summed E-state index contributed by atoms with van der Waals surface area (Å²) in [5, 5.41) is 4.97. The molecule has 1 saturated carbocycles. The minimum absolute atomic E-state index is 0.221. The van der Waals surface area contributed by atoms with Gasteiger partial charge in [0, 0.05) is 5.56 Å². The monoisotopic (exact) mass is 396 g/mol. The maximum atomic E-state index is 12.1. The smallest absolute Gasteiger partial charge is 0.358 e. The first kappa shape index (κ1) is 18.6. The summed E-state index contributed by atoms with van der Waals surface area (Å²) >= 11 is 6.38. The highest BCUT2D eigenvalue weighted by Crippen LogP contribution is 2.31. The molecular weight excluding hydrogens is 376 g/mol. The average molecular weight is 397 g/mol. The van der Waals surface area contributed by atoms with Gasteiger partial charge in [-0.25, -0.2) is 9.48 Å². The van der Waals surface area contributed by atoms with Gasteiger partial charge in [0.05, 0.1) is 30.1 Å². The van der Waals surface area contributed by atoms with Crippen LogP contribution in [0, 0.1) is 5.92 Å². The topological polar surface area (TPSA) is 53.4 Å². The van der Waals surface area contributed by atoms with Crippen LogP contribution in [0.2, 0.25) is 5.02 Å². The summed E-state index contributed by atoms with van der Waals surface area (Å²) < 4.78 is 12.5. The second-order valence-corrected chi connectivity index (χ2v) is 7.31. The lowest BCUT2D eigenvalue weighted by Gasteiger charge is -2.25. The van der Waals surface area contributed by atoms with Gasteiger partial charge in [-0.05, 0) is 49.1 Å². The van der Waals surface area contributed by atoms with Crippen LogP contribution in [-0.2, 0) is 4.74 Å². The molecule has 0 spiro atoms. The van der Waals surface area contributed by atoms with Crippen molar-refractivity contribution in [1.82, 2.24) is 9.78 Å². The summed E-state index contributed by atoms with van der Waals surface area (Å²) in [4.78, 5) is 12.1. The third-order valence-corrected chi connectivity index (χ3v) is 5.34. The Morgan fingerprint density at radius 1 is 1.18 bits per heavy atom. The van der Waals surface area contributed by atoms with E-state index in [-0.39, 0.29) is 5.69 Å². The second kappa shape index (κ2) is 8.07. The van der Waals surface area contributed by atoms with E-state index in [4.69, 9.17) is 21.1 Å². The molecule has 144 valence electrons. The van der Waals surface area contributed by atoms with Gasteiger partial charge in [-0.15, -0.1) is 0 Å². The molecule has 0 N–H and O–H groups in total. The van der Waals surface area contributed by atoms with E-state index < -0.39 is 5.97 Å². The zero-order valence-electron chi connectivity index (χ0n) is 15.6. The number of nitrogens with zero attached hydrogens (tertiary/aromatic N) is 2. The quantitative estimate of drug-likeness (QED) is 0.540. The van der Waals surface area contributed by atoms with Gasteiger partial charge in [0.15, 0.2) is 5.69 Å². The van der Waals surface area contributed by atoms with Gasteiger partial charge < -0.3 is 9.47 Å². The molecule has 0 atom stereocenters. The molecule has 28 heavy (non-hydrogen) atoms. The molecule has 1 fully saturated rings. The second-order valence-electron chi connectivity index (χ2n) is 6.91. The molecule has 1 aliphatic carbocycles. The fraction of sp³-hybridized carbons (Fsp3) is 0.273. The van der Waals surface area contributed by atoms with Crippen molar-refractivity contribution >= 4 is 17.6 Å². The van der Waals surface area contributed by atoms with Gasteiger partial charge in [-0.3, -0.25) is 0 Å². The number of carbonyl (C=O) groups is 1. The maximum Gasteiger partial charge on any atom is 0.358 e. The molecule has 0 saturated heterocycles. The van der Waals surface area contributed by atoms with E-state index in [9.17, 15) is 4.79 Å². The predicted octanol–water partition coefficient (Wildman–Crippen LogP) is 5.16. The highest BCUT2D eigenvalue weighted by Gasteiger charge is 2.20. The van der Waals surface area contributed by atoms with Crippen LogP contribution in [0.25, 0.3) is 16.9 Å². The van der Waals surface area contributed by atoms with Gasteiger partial charge >= 0.3 is 5.97 Å². The molecule has 4 rings (SSSR count). The Morgan fingerprint density at radius 2 is 2.00 bits per heavy atom. The molecule has 1 heterocycles. The molecule has 1 aromatic heterocycles. The zero-order valence-corrected chi connectivity index (χ0v) is 16.4. The minimum Gasteiger partial charge on any atom is -0.493 e. The maximum absolute atomic E-state index is 12.1. The summed E-state index contributed by atoms with van der Waals surface area (Å²) in [7, 11) is 1.34. The van der Waals surface area contributed by atoms with Crippen LogP contribution in [0.3, 0.4) is 0 Å². The Balaban J connectivity index is 1.72. The summed E-state index contributed by atoms with van der Waals surface area (Å²) in [6.45, 7) is 0.737. The SMILES string of the molecule is COC(=O)c1cc(-c2cccc(OCC3CCC3)c2)n(-c2ccccc2Cl)n1. The molecule has 5 nitrogen and oxygen atoms in total. The van der Waals surface area contributed by atoms with Crippen LogP contribution in [0.1, 0.15) is 29.8 Å². The largest absolute Gasteiger partial charge is 0.493 e. The molecule has 0 aliphatic heterocycles. The molecule has 6 heteroatoms. The zero-order chi connectivity index (χ0) is 19.5. The standard InChI is InChI=1S/C22H21ClN2O3/c1-27-22(26)19-13-21(25(24-19)20-11-3-2-10-18(20)23)16-8-5-9-17(12-16)28-14-15-6-4-7-15/h2-3,5,8-13,15H,4,6-7,14H2,1H3. The number of halogens is 1. The first-order valence-corrected chi connectivity index (χ1v) is 9.70. The first-order valence-electron chi connectivity index (χ1n) is 9.32. The van der Waals surface area contributed by atoms with Crippen LogP contribution >= 0.6 is 11.6 Å². The van der Waals surface area contributed by atoms with Crippen LogP contribution in [0.5, 0.6) is 5.75 Å². The molecule has 0 bridgehead atoms. The molecule has 0 amide bonds. The Hall–Kier alpha value is -2.79. The summed E-state index contributed by atoms with van der Waals surface area (Å²) in [6, 6.07) is 16.9. The highest BCUT2D eigenvalue weighted by molar-refractivity contribution is 6.32. The number of rotatable bonds is 6. The fourth-order valence-electron chi connectivity index (χ4n) is 3.22. The van der Waals surface area contributed by atoms with Crippen molar-refractivity contribution in [1.29, 1.82) is 0 Å². The van der Waals surface area contributed by atoms with Crippen molar-refractivity contribution in [3.05, 3.63) is 65.3 Å². The number of hydrogen-bond donors (Lipinski definition) is 0.